The number of nitrogens with one attached hydrogen (secondary N) is 1. The first kappa shape index (κ1) is 17.3. The van der Waals surface area contributed by atoms with Crippen LogP contribution < -0.4 is 10.9 Å². The predicted molar refractivity (Wildman–Crippen MR) is 104 cm³/mol. The molecule has 1 aliphatic rings. The van der Waals surface area contributed by atoms with E-state index in [1.54, 1.807) is 11.5 Å². The molecule has 9 heteroatoms. The highest BCUT2D eigenvalue weighted by Crippen LogP contribution is 2.30. The van der Waals surface area contributed by atoms with Crippen LogP contribution in [0.2, 0.25) is 0 Å². The van der Waals surface area contributed by atoms with Crippen molar-refractivity contribution in [1.29, 1.82) is 0 Å². The third kappa shape index (κ3) is 2.85. The van der Waals surface area contributed by atoms with Gasteiger partial charge in [-0.1, -0.05) is 0 Å². The van der Waals surface area contributed by atoms with E-state index in [1.165, 1.54) is 33.9 Å². The average molecular weight is 390 g/mol. The Morgan fingerprint density at radius 3 is 2.96 bits per heavy atom. The molecule has 4 heterocycles. The van der Waals surface area contributed by atoms with E-state index in [0.29, 0.717) is 32.3 Å². The van der Waals surface area contributed by atoms with Crippen molar-refractivity contribution in [2.24, 2.45) is 0 Å². The smallest absolute Gasteiger partial charge is 0.267 e. The number of hydrogen-bond donors (Lipinski definition) is 1. The van der Waals surface area contributed by atoms with Gasteiger partial charge in [0, 0.05) is 30.9 Å². The summed E-state index contributed by atoms with van der Waals surface area (Å²) in [7, 11) is 2.08. The normalized spacial score (nSPS) is 14.6. The summed E-state index contributed by atoms with van der Waals surface area (Å²) in [6.45, 7) is 6.10. The Morgan fingerprint density at radius 2 is 2.19 bits per heavy atom. The van der Waals surface area contributed by atoms with Crippen LogP contribution in [0.25, 0.3) is 10.2 Å². The first-order chi connectivity index (χ1) is 12.5. The van der Waals surface area contributed by atoms with Crippen molar-refractivity contribution in [2.45, 2.75) is 33.4 Å². The van der Waals surface area contributed by atoms with Gasteiger partial charge < -0.3 is 4.90 Å². The summed E-state index contributed by atoms with van der Waals surface area (Å²) in [6.07, 6.45) is 2.44. The molecule has 4 rings (SSSR count). The minimum absolute atomic E-state index is 0.0990. The van der Waals surface area contributed by atoms with Crippen molar-refractivity contribution < 1.29 is 4.79 Å². The Morgan fingerprint density at radius 1 is 1.38 bits per heavy atom. The Balaban J connectivity index is 1.66. The van der Waals surface area contributed by atoms with E-state index in [-0.39, 0.29) is 11.5 Å². The van der Waals surface area contributed by atoms with E-state index >= 15 is 0 Å². The van der Waals surface area contributed by atoms with E-state index in [0.717, 1.165) is 25.2 Å². The topological polar surface area (TPSA) is 80.1 Å². The molecule has 3 aromatic heterocycles. The summed E-state index contributed by atoms with van der Waals surface area (Å²) in [6, 6.07) is 0. The average Bonchev–Trinajstić information content (AvgIpc) is 3.15. The molecule has 0 radical (unpaired) electrons. The van der Waals surface area contributed by atoms with Crippen molar-refractivity contribution in [3.63, 3.8) is 0 Å². The van der Waals surface area contributed by atoms with Crippen LogP contribution in [0.4, 0.5) is 5.13 Å². The quantitative estimate of drug-likeness (QED) is 0.744. The molecule has 136 valence electrons. The fourth-order valence-corrected chi connectivity index (χ4v) is 5.25. The fraction of sp³-hybridized carbons (Fsp3) is 0.412. The van der Waals surface area contributed by atoms with Crippen LogP contribution in [-0.2, 0) is 19.5 Å². The third-order valence-corrected chi connectivity index (χ3v) is 6.80. The van der Waals surface area contributed by atoms with Gasteiger partial charge in [-0.3, -0.25) is 19.5 Å². The lowest BCUT2D eigenvalue weighted by atomic mass is 10.2. The van der Waals surface area contributed by atoms with Gasteiger partial charge in [0.1, 0.15) is 4.83 Å². The lowest BCUT2D eigenvalue weighted by Gasteiger charge is -2.20. The number of carbonyl (C=O) groups excluding carboxylic acids is 1. The molecule has 1 amide bonds. The van der Waals surface area contributed by atoms with Crippen LogP contribution >= 0.6 is 22.7 Å². The van der Waals surface area contributed by atoms with Gasteiger partial charge in [-0.2, -0.15) is 0 Å². The summed E-state index contributed by atoms with van der Waals surface area (Å²) in [5, 5.41) is 4.05. The van der Waals surface area contributed by atoms with E-state index in [1.807, 2.05) is 6.92 Å². The molecule has 0 saturated heterocycles. The maximum absolute atomic E-state index is 12.8. The Bertz CT molecular complexity index is 1070. The molecule has 0 spiro atoms. The highest BCUT2D eigenvalue weighted by atomic mass is 32.1. The van der Waals surface area contributed by atoms with Crippen LogP contribution in [0.1, 0.15) is 32.7 Å². The van der Waals surface area contributed by atoms with Gasteiger partial charge >= 0.3 is 0 Å². The highest BCUT2D eigenvalue weighted by Gasteiger charge is 2.22. The van der Waals surface area contributed by atoms with Crippen LogP contribution in [0.5, 0.6) is 0 Å². The molecule has 0 saturated carbocycles. The van der Waals surface area contributed by atoms with Crippen molar-refractivity contribution in [2.75, 3.05) is 18.9 Å². The van der Waals surface area contributed by atoms with Gasteiger partial charge in [0.05, 0.1) is 22.3 Å². The lowest BCUT2D eigenvalue weighted by molar-refractivity contribution is 0.103. The first-order valence-corrected chi connectivity index (χ1v) is 10.1. The molecule has 0 aromatic carbocycles. The van der Waals surface area contributed by atoms with E-state index < -0.39 is 0 Å². The van der Waals surface area contributed by atoms with Gasteiger partial charge in [-0.15, -0.1) is 22.7 Å². The van der Waals surface area contributed by atoms with Crippen LogP contribution in [0.3, 0.4) is 0 Å². The summed E-state index contributed by atoms with van der Waals surface area (Å²) < 4.78 is 1.55. The number of carbonyl (C=O) groups is 1. The molecule has 0 aliphatic carbocycles. The molecule has 3 aromatic rings. The van der Waals surface area contributed by atoms with Crippen LogP contribution in [0.15, 0.2) is 11.1 Å². The van der Waals surface area contributed by atoms with Gasteiger partial charge in [0.2, 0.25) is 0 Å². The number of hydrogen-bond acceptors (Lipinski definition) is 7. The predicted octanol–water partition coefficient (Wildman–Crippen LogP) is 2.48. The number of anilines is 1. The highest BCUT2D eigenvalue weighted by molar-refractivity contribution is 7.21. The molecule has 0 atom stereocenters. The van der Waals surface area contributed by atoms with E-state index in [2.05, 4.69) is 27.2 Å². The van der Waals surface area contributed by atoms with Gasteiger partial charge in [-0.25, -0.2) is 9.97 Å². The number of thiophene rings is 1. The SMILES string of the molecule is CCn1cnc2sc(C(=O)Nc3nc4c(s3)CN(C)CC4)c(C)c2c1=O. The third-order valence-electron chi connectivity index (χ3n) is 4.61. The van der Waals surface area contributed by atoms with Gasteiger partial charge in [0.25, 0.3) is 11.5 Å². The molecule has 0 bridgehead atoms. The van der Waals surface area contributed by atoms with Crippen molar-refractivity contribution in [3.05, 3.63) is 37.7 Å². The van der Waals surface area contributed by atoms with Crippen LogP contribution in [0, 0.1) is 6.92 Å². The fourth-order valence-electron chi connectivity index (χ4n) is 3.13. The molecule has 0 fully saturated rings. The Hall–Kier alpha value is -2.10. The number of fused-ring (bicyclic) bond motifs is 2. The second-order valence-corrected chi connectivity index (χ2v) is 8.49. The number of rotatable bonds is 3. The molecular formula is C17H19N5O2S2. The van der Waals surface area contributed by atoms with Crippen molar-refractivity contribution >= 4 is 43.9 Å². The Kier molecular flexibility index (Phi) is 4.37. The van der Waals surface area contributed by atoms with Crippen molar-refractivity contribution in [3.8, 4) is 0 Å². The molecular weight excluding hydrogens is 370 g/mol. The van der Waals surface area contributed by atoms with Gasteiger partial charge in [-0.05, 0) is 26.5 Å². The summed E-state index contributed by atoms with van der Waals surface area (Å²) in [4.78, 5) is 38.7. The largest absolute Gasteiger partial charge is 0.301 e. The maximum atomic E-state index is 12.8. The second kappa shape index (κ2) is 6.57. The monoisotopic (exact) mass is 389 g/mol. The van der Waals surface area contributed by atoms with Crippen LogP contribution in [-0.4, -0.2) is 38.9 Å². The molecule has 1 N–H and O–H groups in total. The summed E-state index contributed by atoms with van der Waals surface area (Å²) in [5.74, 6) is -0.229. The molecule has 0 unspecified atom stereocenters. The standard InChI is InChI=1S/C17H19N5O2S2/c1-4-22-8-18-15-12(16(22)24)9(2)13(26-15)14(23)20-17-19-10-5-6-21(3)7-11(10)25-17/h8H,4-7H2,1-3H3,(H,19,20,23). The summed E-state index contributed by atoms with van der Waals surface area (Å²) >= 11 is 2.77. The zero-order chi connectivity index (χ0) is 18.4. The molecule has 1 aliphatic heterocycles. The molecule has 26 heavy (non-hydrogen) atoms. The number of aromatic nitrogens is 3. The maximum Gasteiger partial charge on any atom is 0.267 e. The number of nitrogens with zero attached hydrogens (tertiary/aromatic N) is 4. The Labute approximate surface area is 158 Å². The lowest BCUT2D eigenvalue weighted by Crippen LogP contribution is -2.25. The number of thiazole rings is 1. The molecule has 7 nitrogen and oxygen atoms in total. The van der Waals surface area contributed by atoms with Gasteiger partial charge in [0.15, 0.2) is 5.13 Å². The van der Waals surface area contributed by atoms with Crippen molar-refractivity contribution in [1.82, 2.24) is 19.4 Å². The second-order valence-electron chi connectivity index (χ2n) is 6.40. The number of likely N-dealkylation sites (N-methyl/N-ethyl adjacent to an activating group) is 1. The number of amides is 1. The minimum atomic E-state index is -0.229. The zero-order valence-electron chi connectivity index (χ0n) is 14.8. The summed E-state index contributed by atoms with van der Waals surface area (Å²) in [5.41, 5.74) is 1.66. The van der Waals surface area contributed by atoms with E-state index in [4.69, 9.17) is 0 Å². The zero-order valence-corrected chi connectivity index (χ0v) is 16.5. The first-order valence-electron chi connectivity index (χ1n) is 8.45. The van der Waals surface area contributed by atoms with E-state index in [9.17, 15) is 9.59 Å². The number of aryl methyl sites for hydroxylation is 2. The minimum Gasteiger partial charge on any atom is -0.301 e.